The van der Waals surface area contributed by atoms with Gasteiger partial charge in [-0.1, -0.05) is 0 Å². The topological polar surface area (TPSA) is 78.8 Å². The number of aromatic amines is 2. The van der Waals surface area contributed by atoms with Crippen molar-refractivity contribution < 1.29 is 0 Å². The highest BCUT2D eigenvalue weighted by atomic mass is 32.1. The third kappa shape index (κ3) is 0.855. The van der Waals surface area contributed by atoms with Gasteiger partial charge in [0.15, 0.2) is 0 Å². The number of rotatable bonds is 0. The molecule has 7 heteroatoms. The van der Waals surface area contributed by atoms with Crippen molar-refractivity contribution in [2.24, 2.45) is 0 Å². The second-order valence-electron chi connectivity index (χ2n) is 1.88. The fraction of sp³-hybridized carbons (Fsp3) is 0. The molecule has 2 aromatic heterocycles. The van der Waals surface area contributed by atoms with Gasteiger partial charge in [0, 0.05) is 0 Å². The van der Waals surface area contributed by atoms with Crippen LogP contribution in [0.2, 0.25) is 0 Å². The van der Waals surface area contributed by atoms with Crippen molar-refractivity contribution in [1.29, 1.82) is 0 Å². The van der Waals surface area contributed by atoms with E-state index in [1.807, 2.05) is 0 Å². The van der Waals surface area contributed by atoms with Crippen molar-refractivity contribution >= 4 is 18.0 Å². The van der Waals surface area contributed by atoms with Gasteiger partial charge in [-0.2, -0.15) is 14.6 Å². The molecule has 56 valence electrons. The predicted molar refractivity (Wildman–Crippen MR) is 38.8 cm³/mol. The number of nitrogens with one attached hydrogen (secondary N) is 2. The Balaban J connectivity index is 3.15. The van der Waals surface area contributed by atoms with Gasteiger partial charge in [0.25, 0.3) is 0 Å². The van der Waals surface area contributed by atoms with Crippen molar-refractivity contribution in [3.63, 3.8) is 0 Å². The van der Waals surface area contributed by atoms with Crippen LogP contribution in [0.3, 0.4) is 0 Å². The van der Waals surface area contributed by atoms with E-state index in [2.05, 4.69) is 20.1 Å². The van der Waals surface area contributed by atoms with Gasteiger partial charge in [0.05, 0.1) is 0 Å². The smallest absolute Gasteiger partial charge is 0.282 e. The van der Waals surface area contributed by atoms with Crippen molar-refractivity contribution in [2.75, 3.05) is 0 Å². The van der Waals surface area contributed by atoms with E-state index in [-0.39, 0.29) is 10.5 Å². The second-order valence-corrected chi connectivity index (χ2v) is 2.27. The van der Waals surface area contributed by atoms with E-state index in [4.69, 9.17) is 12.2 Å². The number of fused-ring (bicyclic) bond motifs is 1. The highest BCUT2D eigenvalue weighted by molar-refractivity contribution is 7.71. The maximum atomic E-state index is 10.7. The van der Waals surface area contributed by atoms with Crippen molar-refractivity contribution in [2.45, 2.75) is 0 Å². The molecule has 2 rings (SSSR count). The largest absolute Gasteiger partial charge is 0.327 e. The SMILES string of the molecule is O=c1[nH]c(=S)n2ncnc2[nH]1. The van der Waals surface area contributed by atoms with Crippen LogP contribution in [0, 0.1) is 4.77 Å². The van der Waals surface area contributed by atoms with E-state index in [1.54, 1.807) is 0 Å². The Labute approximate surface area is 64.9 Å². The Kier molecular flexibility index (Phi) is 1.13. The van der Waals surface area contributed by atoms with Gasteiger partial charge in [-0.25, -0.2) is 4.79 Å². The Bertz CT molecular complexity index is 493. The highest BCUT2D eigenvalue weighted by Gasteiger charge is 1.95. The molecule has 2 heterocycles. The molecule has 0 atom stereocenters. The summed E-state index contributed by atoms with van der Waals surface area (Å²) in [6.07, 6.45) is 1.31. The normalized spacial score (nSPS) is 10.5. The summed E-state index contributed by atoms with van der Waals surface area (Å²) in [5, 5.41) is 3.76. The standard InChI is InChI=1S/C4H3N5OS/c10-3-7-2-5-1-6-9(2)4(11)8-3/h1H,(H2,5,6,7,8,10,11). The highest BCUT2D eigenvalue weighted by Crippen LogP contribution is 1.86. The number of H-pyrrole nitrogens is 2. The minimum Gasteiger partial charge on any atom is -0.282 e. The summed E-state index contributed by atoms with van der Waals surface area (Å²) >= 11 is 4.78. The average molecular weight is 169 g/mol. The number of aromatic nitrogens is 5. The molecule has 2 N–H and O–H groups in total. The van der Waals surface area contributed by atoms with Crippen LogP contribution < -0.4 is 5.69 Å². The van der Waals surface area contributed by atoms with Crippen molar-refractivity contribution in [1.82, 2.24) is 24.6 Å². The molecule has 6 nitrogen and oxygen atoms in total. The van der Waals surface area contributed by atoms with Gasteiger partial charge in [0.1, 0.15) is 6.33 Å². The molecule has 0 saturated carbocycles. The molecule has 11 heavy (non-hydrogen) atoms. The molecule has 0 amide bonds. The zero-order valence-electron chi connectivity index (χ0n) is 5.24. The third-order valence-corrected chi connectivity index (χ3v) is 1.46. The van der Waals surface area contributed by atoms with E-state index in [0.717, 1.165) is 0 Å². The minimum atomic E-state index is -0.379. The molecule has 0 aliphatic heterocycles. The van der Waals surface area contributed by atoms with Crippen LogP contribution in [0.5, 0.6) is 0 Å². The van der Waals surface area contributed by atoms with Gasteiger partial charge in [-0.15, -0.1) is 0 Å². The molecule has 0 aliphatic carbocycles. The lowest BCUT2D eigenvalue weighted by Gasteiger charge is -1.87. The average Bonchev–Trinajstić information content (AvgIpc) is 2.34. The molecule has 2 aromatic rings. The number of hydrogen-bond acceptors (Lipinski definition) is 4. The Morgan fingerprint density at radius 3 is 3.18 bits per heavy atom. The van der Waals surface area contributed by atoms with E-state index in [0.29, 0.717) is 5.78 Å². The maximum absolute atomic E-state index is 10.7. The lowest BCUT2D eigenvalue weighted by Crippen LogP contribution is -2.13. The first-order valence-electron chi connectivity index (χ1n) is 2.80. The van der Waals surface area contributed by atoms with Crippen LogP contribution in [0.1, 0.15) is 0 Å². The van der Waals surface area contributed by atoms with Crippen LogP contribution >= 0.6 is 12.2 Å². The van der Waals surface area contributed by atoms with E-state index in [9.17, 15) is 4.79 Å². The van der Waals surface area contributed by atoms with Gasteiger partial charge in [0.2, 0.25) is 10.5 Å². The van der Waals surface area contributed by atoms with Gasteiger partial charge >= 0.3 is 5.69 Å². The molecule has 0 fully saturated rings. The van der Waals surface area contributed by atoms with E-state index < -0.39 is 0 Å². The molecule has 0 aliphatic rings. The lowest BCUT2D eigenvalue weighted by atomic mass is 11.0. The number of hydrogen-bond donors (Lipinski definition) is 2. The Morgan fingerprint density at radius 2 is 2.36 bits per heavy atom. The fourth-order valence-electron chi connectivity index (χ4n) is 0.758. The van der Waals surface area contributed by atoms with Gasteiger partial charge in [-0.3, -0.25) is 9.97 Å². The summed E-state index contributed by atoms with van der Waals surface area (Å²) in [5.74, 6) is 0.346. The Hall–Kier alpha value is -1.50. The second kappa shape index (κ2) is 1.99. The van der Waals surface area contributed by atoms with Crippen molar-refractivity contribution in [3.05, 3.63) is 21.6 Å². The fourth-order valence-corrected chi connectivity index (χ4v) is 0.985. The minimum absolute atomic E-state index is 0.237. The zero-order chi connectivity index (χ0) is 7.84. The zero-order valence-corrected chi connectivity index (χ0v) is 6.05. The maximum Gasteiger partial charge on any atom is 0.327 e. The molecular formula is C4H3N5OS. The summed E-state index contributed by atoms with van der Waals surface area (Å²) < 4.78 is 1.57. The number of nitrogens with zero attached hydrogens (tertiary/aromatic N) is 3. The summed E-state index contributed by atoms with van der Waals surface area (Å²) in [4.78, 5) is 19.3. The van der Waals surface area contributed by atoms with Crippen LogP contribution in [0.4, 0.5) is 0 Å². The molecule has 0 saturated heterocycles. The summed E-state index contributed by atoms with van der Waals surface area (Å²) in [5.41, 5.74) is -0.379. The molecule has 0 spiro atoms. The molecule has 0 radical (unpaired) electrons. The first kappa shape index (κ1) is 6.23. The summed E-state index contributed by atoms with van der Waals surface area (Å²) in [7, 11) is 0. The van der Waals surface area contributed by atoms with Crippen LogP contribution in [0.25, 0.3) is 5.78 Å². The van der Waals surface area contributed by atoms with Gasteiger partial charge < -0.3 is 0 Å². The summed E-state index contributed by atoms with van der Waals surface area (Å²) in [6, 6.07) is 0. The van der Waals surface area contributed by atoms with Gasteiger partial charge in [-0.05, 0) is 12.2 Å². The summed E-state index contributed by atoms with van der Waals surface area (Å²) in [6.45, 7) is 0. The Morgan fingerprint density at radius 1 is 1.55 bits per heavy atom. The monoisotopic (exact) mass is 169 g/mol. The molecule has 0 bridgehead atoms. The predicted octanol–water partition coefficient (Wildman–Crippen LogP) is -0.525. The lowest BCUT2D eigenvalue weighted by molar-refractivity contribution is 0.850. The van der Waals surface area contributed by atoms with E-state index >= 15 is 0 Å². The molecular weight excluding hydrogens is 166 g/mol. The third-order valence-electron chi connectivity index (χ3n) is 1.19. The first-order chi connectivity index (χ1) is 5.27. The van der Waals surface area contributed by atoms with Crippen LogP contribution in [-0.2, 0) is 0 Å². The first-order valence-corrected chi connectivity index (χ1v) is 3.20. The molecule has 0 unspecified atom stereocenters. The van der Waals surface area contributed by atoms with Crippen LogP contribution in [-0.4, -0.2) is 24.6 Å². The quantitative estimate of drug-likeness (QED) is 0.520. The molecule has 0 aromatic carbocycles. The van der Waals surface area contributed by atoms with E-state index in [1.165, 1.54) is 10.8 Å². The van der Waals surface area contributed by atoms with Crippen LogP contribution in [0.15, 0.2) is 11.1 Å². The van der Waals surface area contributed by atoms with Crippen molar-refractivity contribution in [3.8, 4) is 0 Å².